The van der Waals surface area contributed by atoms with Crippen LogP contribution in [0.4, 0.5) is 0 Å². The Morgan fingerprint density at radius 1 is 1.30 bits per heavy atom. The molecule has 0 saturated carbocycles. The van der Waals surface area contributed by atoms with Crippen LogP contribution in [0.25, 0.3) is 0 Å². The zero-order valence-electron chi connectivity index (χ0n) is 12.7. The van der Waals surface area contributed by atoms with Crippen LogP contribution in [-0.4, -0.2) is 12.1 Å². The third-order valence-corrected chi connectivity index (χ3v) is 3.60. The zero-order valence-corrected chi connectivity index (χ0v) is 12.7. The predicted octanol–water partition coefficient (Wildman–Crippen LogP) is 3.90. The molecule has 1 atom stereocenters. The number of furan rings is 1. The Kier molecular flexibility index (Phi) is 4.48. The highest BCUT2D eigenvalue weighted by atomic mass is 16.5. The fourth-order valence-corrected chi connectivity index (χ4v) is 2.60. The molecule has 1 unspecified atom stereocenters. The van der Waals surface area contributed by atoms with E-state index in [0.29, 0.717) is 0 Å². The molecule has 108 valence electrons. The van der Waals surface area contributed by atoms with E-state index in [0.717, 1.165) is 25.0 Å². The first-order valence-electron chi connectivity index (χ1n) is 7.01. The van der Waals surface area contributed by atoms with Gasteiger partial charge in [-0.15, -0.1) is 0 Å². The van der Waals surface area contributed by atoms with E-state index >= 15 is 0 Å². The second-order valence-electron chi connectivity index (χ2n) is 5.62. The molecule has 1 aliphatic carbocycles. The summed E-state index contributed by atoms with van der Waals surface area (Å²) in [7, 11) is 0. The van der Waals surface area contributed by atoms with Gasteiger partial charge >= 0.3 is 5.97 Å². The zero-order chi connectivity index (χ0) is 14.7. The Labute approximate surface area is 120 Å². The predicted molar refractivity (Wildman–Crippen MR) is 78.5 cm³/mol. The van der Waals surface area contributed by atoms with Crippen molar-refractivity contribution in [1.82, 2.24) is 0 Å². The molecule has 0 aliphatic heterocycles. The molecule has 0 saturated heterocycles. The summed E-state index contributed by atoms with van der Waals surface area (Å²) in [5, 5.41) is 0. The Bertz CT molecular complexity index is 561. The molecule has 1 aromatic heterocycles. The maximum absolute atomic E-state index is 11.2. The second kappa shape index (κ2) is 6.12. The summed E-state index contributed by atoms with van der Waals surface area (Å²) >= 11 is 0. The molecule has 0 aromatic carbocycles. The highest BCUT2D eigenvalue weighted by Gasteiger charge is 2.16. The fraction of sp³-hybridized carbons (Fsp3) is 0.471. The number of carbonyl (C=O) groups is 1. The van der Waals surface area contributed by atoms with Gasteiger partial charge in [0.15, 0.2) is 0 Å². The van der Waals surface area contributed by atoms with Crippen molar-refractivity contribution in [3.63, 3.8) is 0 Å². The minimum atomic E-state index is -0.238. The standard InChI is InChI=1S/C17H22O3/c1-11-5-6-16-13(3)10-19-17(16)9-12(2)8-15(7-11)20-14(4)18/h5,8,10,15H,6-7,9H2,1-4H3/b11-5+,12-8+. The van der Waals surface area contributed by atoms with Gasteiger partial charge in [-0.25, -0.2) is 0 Å². The van der Waals surface area contributed by atoms with Crippen LogP contribution in [0.15, 0.2) is 34.0 Å². The number of esters is 1. The normalized spacial score (nSPS) is 24.9. The summed E-state index contributed by atoms with van der Waals surface area (Å²) < 4.78 is 11.0. The van der Waals surface area contributed by atoms with Crippen molar-refractivity contribution in [1.29, 1.82) is 0 Å². The summed E-state index contributed by atoms with van der Waals surface area (Å²) in [6, 6.07) is 0. The SMILES string of the molecule is CC(=O)OC1/C=C(\C)Cc2occ(C)c2C/C=C(\C)C1. The number of fused-ring (bicyclic) bond motifs is 1. The second-order valence-corrected chi connectivity index (χ2v) is 5.62. The molecule has 3 nitrogen and oxygen atoms in total. The molecule has 1 aliphatic rings. The number of carbonyl (C=O) groups excluding carboxylic acids is 1. The maximum Gasteiger partial charge on any atom is 0.303 e. The van der Waals surface area contributed by atoms with Gasteiger partial charge in [0.05, 0.1) is 6.26 Å². The molecule has 0 fully saturated rings. The molecule has 0 bridgehead atoms. The highest BCUT2D eigenvalue weighted by molar-refractivity contribution is 5.66. The van der Waals surface area contributed by atoms with E-state index in [9.17, 15) is 4.79 Å². The maximum atomic E-state index is 11.2. The van der Waals surface area contributed by atoms with E-state index in [1.807, 2.05) is 12.3 Å². The van der Waals surface area contributed by atoms with Crippen LogP contribution in [0.3, 0.4) is 0 Å². The minimum Gasteiger partial charge on any atom is -0.468 e. The highest BCUT2D eigenvalue weighted by Crippen LogP contribution is 2.24. The molecule has 3 heteroatoms. The van der Waals surface area contributed by atoms with Gasteiger partial charge in [-0.2, -0.15) is 0 Å². The van der Waals surface area contributed by atoms with Crippen molar-refractivity contribution in [3.8, 4) is 0 Å². The summed E-state index contributed by atoms with van der Waals surface area (Å²) in [6.45, 7) is 7.67. The average Bonchev–Trinajstić information content (AvgIpc) is 2.66. The van der Waals surface area contributed by atoms with E-state index in [2.05, 4.69) is 26.8 Å². The van der Waals surface area contributed by atoms with Crippen molar-refractivity contribution in [2.45, 2.75) is 53.1 Å². The Hall–Kier alpha value is -1.77. The van der Waals surface area contributed by atoms with Gasteiger partial charge in [0.2, 0.25) is 0 Å². The molecule has 0 N–H and O–H groups in total. The van der Waals surface area contributed by atoms with Gasteiger partial charge in [-0.3, -0.25) is 4.79 Å². The lowest BCUT2D eigenvalue weighted by atomic mass is 9.97. The van der Waals surface area contributed by atoms with Crippen LogP contribution >= 0.6 is 0 Å². The van der Waals surface area contributed by atoms with E-state index in [1.165, 1.54) is 29.2 Å². The molecular formula is C17H22O3. The molecule has 0 spiro atoms. The molecule has 0 radical (unpaired) electrons. The van der Waals surface area contributed by atoms with E-state index in [1.54, 1.807) is 0 Å². The fourth-order valence-electron chi connectivity index (χ4n) is 2.60. The number of hydrogen-bond acceptors (Lipinski definition) is 3. The number of hydrogen-bond donors (Lipinski definition) is 0. The Balaban J connectivity index is 2.33. The van der Waals surface area contributed by atoms with Crippen molar-refractivity contribution in [3.05, 3.63) is 46.4 Å². The lowest BCUT2D eigenvalue weighted by molar-refractivity contribution is -0.144. The first kappa shape index (κ1) is 14.6. The summed E-state index contributed by atoms with van der Waals surface area (Å²) in [5.74, 6) is 0.780. The van der Waals surface area contributed by atoms with E-state index < -0.39 is 0 Å². The minimum absolute atomic E-state index is 0.179. The van der Waals surface area contributed by atoms with Crippen LogP contribution in [0, 0.1) is 6.92 Å². The van der Waals surface area contributed by atoms with Gasteiger partial charge in [-0.1, -0.05) is 17.2 Å². The van der Waals surface area contributed by atoms with Gasteiger partial charge in [0.25, 0.3) is 0 Å². The van der Waals surface area contributed by atoms with Gasteiger partial charge in [0, 0.05) is 25.3 Å². The molecule has 1 heterocycles. The smallest absolute Gasteiger partial charge is 0.303 e. The largest absolute Gasteiger partial charge is 0.468 e. The van der Waals surface area contributed by atoms with Crippen LogP contribution in [0.5, 0.6) is 0 Å². The summed E-state index contributed by atoms with van der Waals surface area (Å²) in [5.41, 5.74) is 4.88. The van der Waals surface area contributed by atoms with Gasteiger partial charge in [0.1, 0.15) is 11.9 Å². The van der Waals surface area contributed by atoms with Crippen molar-refractivity contribution < 1.29 is 13.9 Å². The molecular weight excluding hydrogens is 252 g/mol. The van der Waals surface area contributed by atoms with Crippen LogP contribution < -0.4 is 0 Å². The number of allylic oxidation sites excluding steroid dienone is 2. The van der Waals surface area contributed by atoms with Crippen LogP contribution in [0.2, 0.25) is 0 Å². The first-order valence-corrected chi connectivity index (χ1v) is 7.01. The van der Waals surface area contributed by atoms with Crippen molar-refractivity contribution in [2.75, 3.05) is 0 Å². The first-order chi connectivity index (χ1) is 9.45. The lowest BCUT2D eigenvalue weighted by Crippen LogP contribution is -2.15. The topological polar surface area (TPSA) is 39.4 Å². The molecule has 0 amide bonds. The average molecular weight is 274 g/mol. The van der Waals surface area contributed by atoms with E-state index in [4.69, 9.17) is 9.15 Å². The summed E-state index contributed by atoms with van der Waals surface area (Å²) in [4.78, 5) is 11.2. The molecule has 1 aromatic rings. The lowest BCUT2D eigenvalue weighted by Gasteiger charge is -2.16. The van der Waals surface area contributed by atoms with Crippen LogP contribution in [-0.2, 0) is 22.4 Å². The van der Waals surface area contributed by atoms with Crippen molar-refractivity contribution >= 4 is 5.97 Å². The third kappa shape index (κ3) is 3.62. The monoisotopic (exact) mass is 274 g/mol. The number of ether oxygens (including phenoxy) is 1. The Morgan fingerprint density at radius 2 is 2.05 bits per heavy atom. The number of rotatable bonds is 1. The molecule has 20 heavy (non-hydrogen) atoms. The molecule has 2 rings (SSSR count). The van der Waals surface area contributed by atoms with Crippen molar-refractivity contribution in [2.24, 2.45) is 0 Å². The summed E-state index contributed by atoms with van der Waals surface area (Å²) in [6.07, 6.45) is 8.28. The quantitative estimate of drug-likeness (QED) is 0.576. The van der Waals surface area contributed by atoms with Gasteiger partial charge < -0.3 is 9.15 Å². The van der Waals surface area contributed by atoms with E-state index in [-0.39, 0.29) is 12.1 Å². The van der Waals surface area contributed by atoms with Crippen LogP contribution in [0.1, 0.15) is 44.1 Å². The Morgan fingerprint density at radius 3 is 2.75 bits per heavy atom. The number of aryl methyl sites for hydroxylation is 1. The van der Waals surface area contributed by atoms with Gasteiger partial charge in [-0.05, 0) is 38.8 Å². The third-order valence-electron chi connectivity index (χ3n) is 3.60.